The molecule has 2 rings (SSSR count). The molecule has 0 spiro atoms. The number of halogens is 1. The summed E-state index contributed by atoms with van der Waals surface area (Å²) in [4.78, 5) is 11.4. The Bertz CT molecular complexity index is 533. The summed E-state index contributed by atoms with van der Waals surface area (Å²) in [6.07, 6.45) is 1.46. The van der Waals surface area contributed by atoms with Crippen LogP contribution in [0.2, 0.25) is 5.15 Å². The average Bonchev–Trinajstić information content (AvgIpc) is 2.68. The predicted octanol–water partition coefficient (Wildman–Crippen LogP) is 2.08. The van der Waals surface area contributed by atoms with Crippen molar-refractivity contribution in [2.24, 2.45) is 0 Å². The zero-order valence-electron chi connectivity index (χ0n) is 8.32. The molecule has 2 heterocycles. The summed E-state index contributed by atoms with van der Waals surface area (Å²) in [5.74, 6) is -0.407. The van der Waals surface area contributed by atoms with Gasteiger partial charge < -0.3 is 4.74 Å². The molecular formula is C10H9ClN2O2. The van der Waals surface area contributed by atoms with Crippen LogP contribution in [0.25, 0.3) is 5.52 Å². The fourth-order valence-corrected chi connectivity index (χ4v) is 1.68. The van der Waals surface area contributed by atoms with Crippen LogP contribution in [0.4, 0.5) is 0 Å². The summed E-state index contributed by atoms with van der Waals surface area (Å²) < 4.78 is 6.18. The normalized spacial score (nSPS) is 10.6. The molecule has 4 nitrogen and oxygen atoms in total. The Labute approximate surface area is 91.4 Å². The number of ether oxygens (including phenoxy) is 1. The third-order valence-corrected chi connectivity index (χ3v) is 2.51. The van der Waals surface area contributed by atoms with Gasteiger partial charge in [0.25, 0.3) is 0 Å². The fourth-order valence-electron chi connectivity index (χ4n) is 1.49. The van der Waals surface area contributed by atoms with Crippen LogP contribution in [0.5, 0.6) is 0 Å². The van der Waals surface area contributed by atoms with E-state index in [1.807, 2.05) is 13.0 Å². The maximum absolute atomic E-state index is 11.4. The highest BCUT2D eigenvalue weighted by Gasteiger charge is 2.15. The Balaban J connectivity index is 2.79. The molecule has 0 aliphatic heterocycles. The summed E-state index contributed by atoms with van der Waals surface area (Å²) in [6, 6.07) is 3.57. The highest BCUT2D eigenvalue weighted by Crippen LogP contribution is 2.20. The van der Waals surface area contributed by atoms with Crippen molar-refractivity contribution in [3.8, 4) is 0 Å². The zero-order valence-corrected chi connectivity index (χ0v) is 9.08. The Morgan fingerprint density at radius 1 is 1.53 bits per heavy atom. The first-order valence-electron chi connectivity index (χ1n) is 4.36. The van der Waals surface area contributed by atoms with Gasteiger partial charge in [-0.1, -0.05) is 17.7 Å². The smallest absolute Gasteiger partial charge is 0.341 e. The van der Waals surface area contributed by atoms with E-state index in [4.69, 9.17) is 11.6 Å². The van der Waals surface area contributed by atoms with Crippen molar-refractivity contribution in [2.75, 3.05) is 7.11 Å². The number of methoxy groups -OCH3 is 1. The second kappa shape index (κ2) is 3.55. The first-order chi connectivity index (χ1) is 7.15. The predicted molar refractivity (Wildman–Crippen MR) is 56.3 cm³/mol. The number of carbonyl (C=O) groups is 1. The quantitative estimate of drug-likeness (QED) is 0.550. The van der Waals surface area contributed by atoms with Gasteiger partial charge in [0.2, 0.25) is 0 Å². The van der Waals surface area contributed by atoms with Crippen molar-refractivity contribution in [3.05, 3.63) is 34.6 Å². The molecule has 2 aromatic rings. The van der Waals surface area contributed by atoms with Gasteiger partial charge >= 0.3 is 5.97 Å². The van der Waals surface area contributed by atoms with Crippen molar-refractivity contribution in [1.29, 1.82) is 0 Å². The molecule has 15 heavy (non-hydrogen) atoms. The molecule has 0 aliphatic carbocycles. The number of hydrogen-bond acceptors (Lipinski definition) is 3. The molecule has 2 aromatic heterocycles. The maximum Gasteiger partial charge on any atom is 0.341 e. The van der Waals surface area contributed by atoms with E-state index >= 15 is 0 Å². The van der Waals surface area contributed by atoms with Gasteiger partial charge in [0.15, 0.2) is 0 Å². The lowest BCUT2D eigenvalue weighted by Crippen LogP contribution is -2.01. The Morgan fingerprint density at radius 3 is 2.93 bits per heavy atom. The van der Waals surface area contributed by atoms with Crippen molar-refractivity contribution in [2.45, 2.75) is 6.92 Å². The Morgan fingerprint density at radius 2 is 2.27 bits per heavy atom. The Hall–Kier alpha value is -1.55. The first-order valence-corrected chi connectivity index (χ1v) is 4.74. The highest BCUT2D eigenvalue weighted by atomic mass is 35.5. The number of rotatable bonds is 1. The highest BCUT2D eigenvalue weighted by molar-refractivity contribution is 6.29. The van der Waals surface area contributed by atoms with Crippen LogP contribution < -0.4 is 0 Å². The summed E-state index contributed by atoms with van der Waals surface area (Å²) >= 11 is 5.94. The third kappa shape index (κ3) is 1.47. The van der Waals surface area contributed by atoms with Crippen molar-refractivity contribution < 1.29 is 9.53 Å². The minimum absolute atomic E-state index is 0.407. The molecule has 0 aromatic carbocycles. The minimum atomic E-state index is -0.407. The largest absolute Gasteiger partial charge is 0.465 e. The SMILES string of the molecule is COC(=O)c1cnn2c(Cl)ccc(C)c12. The van der Waals surface area contributed by atoms with E-state index in [9.17, 15) is 4.79 Å². The first kappa shape index (κ1) is 9.98. The van der Waals surface area contributed by atoms with E-state index in [1.54, 1.807) is 6.07 Å². The molecule has 0 N–H and O–H groups in total. The molecule has 0 unspecified atom stereocenters. The topological polar surface area (TPSA) is 43.6 Å². The molecular weight excluding hydrogens is 216 g/mol. The van der Waals surface area contributed by atoms with Gasteiger partial charge in [-0.05, 0) is 18.6 Å². The van der Waals surface area contributed by atoms with Crippen molar-refractivity contribution in [1.82, 2.24) is 9.61 Å². The number of aryl methyl sites for hydroxylation is 1. The van der Waals surface area contributed by atoms with Crippen LogP contribution in [0.1, 0.15) is 15.9 Å². The molecule has 0 saturated heterocycles. The minimum Gasteiger partial charge on any atom is -0.465 e. The van der Waals surface area contributed by atoms with Gasteiger partial charge in [-0.15, -0.1) is 0 Å². The molecule has 0 amide bonds. The van der Waals surface area contributed by atoms with Crippen LogP contribution in [0, 0.1) is 6.92 Å². The van der Waals surface area contributed by atoms with E-state index in [-0.39, 0.29) is 0 Å². The van der Waals surface area contributed by atoms with Crippen LogP contribution in [0.3, 0.4) is 0 Å². The number of esters is 1. The lowest BCUT2D eigenvalue weighted by molar-refractivity contribution is 0.0603. The maximum atomic E-state index is 11.4. The van der Waals surface area contributed by atoms with E-state index < -0.39 is 5.97 Å². The van der Waals surface area contributed by atoms with Crippen LogP contribution in [-0.4, -0.2) is 22.7 Å². The standard InChI is InChI=1S/C10H9ClN2O2/c1-6-3-4-8(11)13-9(6)7(5-12-13)10(14)15-2/h3-5H,1-2H3. The van der Waals surface area contributed by atoms with Crippen molar-refractivity contribution in [3.63, 3.8) is 0 Å². The second-order valence-corrected chi connectivity index (χ2v) is 3.54. The summed E-state index contributed by atoms with van der Waals surface area (Å²) in [6.45, 7) is 1.89. The van der Waals surface area contributed by atoms with E-state index in [0.29, 0.717) is 16.2 Å². The number of pyridine rings is 1. The summed E-state index contributed by atoms with van der Waals surface area (Å²) in [7, 11) is 1.34. The number of hydrogen-bond donors (Lipinski definition) is 0. The molecule has 0 atom stereocenters. The molecule has 0 bridgehead atoms. The molecule has 78 valence electrons. The number of carbonyl (C=O) groups excluding carboxylic acids is 1. The summed E-state index contributed by atoms with van der Waals surface area (Å²) in [5.41, 5.74) is 2.05. The van der Waals surface area contributed by atoms with Gasteiger partial charge in [0.1, 0.15) is 10.7 Å². The molecule has 0 radical (unpaired) electrons. The zero-order chi connectivity index (χ0) is 11.0. The number of fused-ring (bicyclic) bond motifs is 1. The monoisotopic (exact) mass is 224 g/mol. The van der Waals surface area contributed by atoms with Gasteiger partial charge in [0, 0.05) is 0 Å². The molecule has 0 fully saturated rings. The van der Waals surface area contributed by atoms with Crippen LogP contribution in [-0.2, 0) is 4.74 Å². The average molecular weight is 225 g/mol. The van der Waals surface area contributed by atoms with E-state index in [1.165, 1.54) is 17.8 Å². The fraction of sp³-hybridized carbons (Fsp3) is 0.200. The van der Waals surface area contributed by atoms with E-state index in [2.05, 4.69) is 9.84 Å². The lowest BCUT2D eigenvalue weighted by atomic mass is 10.2. The van der Waals surface area contributed by atoms with Gasteiger partial charge in [0.05, 0.1) is 18.8 Å². The lowest BCUT2D eigenvalue weighted by Gasteiger charge is -2.02. The van der Waals surface area contributed by atoms with Gasteiger partial charge in [-0.25, -0.2) is 9.31 Å². The van der Waals surface area contributed by atoms with Crippen LogP contribution in [0.15, 0.2) is 18.3 Å². The van der Waals surface area contributed by atoms with Crippen LogP contribution >= 0.6 is 11.6 Å². The second-order valence-electron chi connectivity index (χ2n) is 3.15. The molecule has 0 aliphatic rings. The van der Waals surface area contributed by atoms with E-state index in [0.717, 1.165) is 5.56 Å². The molecule has 5 heteroatoms. The van der Waals surface area contributed by atoms with Gasteiger partial charge in [-0.2, -0.15) is 5.10 Å². The molecule has 0 saturated carbocycles. The van der Waals surface area contributed by atoms with Crippen molar-refractivity contribution >= 4 is 23.1 Å². The Kier molecular flexibility index (Phi) is 2.36. The third-order valence-electron chi connectivity index (χ3n) is 2.22. The summed E-state index contributed by atoms with van der Waals surface area (Å²) in [5, 5.41) is 4.50. The van der Waals surface area contributed by atoms with Gasteiger partial charge in [-0.3, -0.25) is 0 Å². The number of nitrogens with zero attached hydrogens (tertiary/aromatic N) is 2. The number of aromatic nitrogens is 2.